The first-order valence-corrected chi connectivity index (χ1v) is 9.92. The number of halogens is 4. The van der Waals surface area contributed by atoms with E-state index in [1.807, 2.05) is 6.07 Å². The van der Waals surface area contributed by atoms with E-state index in [2.05, 4.69) is 4.98 Å². The van der Waals surface area contributed by atoms with Crippen molar-refractivity contribution in [3.8, 4) is 0 Å². The zero-order chi connectivity index (χ0) is 20.6. The molecule has 1 saturated heterocycles. The van der Waals surface area contributed by atoms with Crippen LogP contribution < -0.4 is 0 Å². The maximum atomic E-state index is 13.3. The fraction of sp³-hybridized carbons (Fsp3) is 0.318. The van der Waals surface area contributed by atoms with Gasteiger partial charge in [0.2, 0.25) is 5.91 Å². The number of benzene rings is 2. The molecule has 152 valence electrons. The van der Waals surface area contributed by atoms with Crippen molar-refractivity contribution in [1.82, 2.24) is 9.88 Å². The van der Waals surface area contributed by atoms with Crippen molar-refractivity contribution in [3.63, 3.8) is 0 Å². The average molecular weight is 421 g/mol. The van der Waals surface area contributed by atoms with Gasteiger partial charge < -0.3 is 9.88 Å². The quantitative estimate of drug-likeness (QED) is 0.553. The van der Waals surface area contributed by atoms with Crippen molar-refractivity contribution in [3.05, 3.63) is 70.4 Å². The highest BCUT2D eigenvalue weighted by molar-refractivity contribution is 6.31. The lowest BCUT2D eigenvalue weighted by Crippen LogP contribution is -2.29. The molecule has 1 aromatic heterocycles. The number of H-pyrrole nitrogens is 1. The Morgan fingerprint density at radius 2 is 1.90 bits per heavy atom. The Labute approximate surface area is 171 Å². The number of rotatable bonds is 4. The molecule has 1 fully saturated rings. The van der Waals surface area contributed by atoms with Crippen LogP contribution in [0.4, 0.5) is 13.2 Å². The molecule has 0 aliphatic carbocycles. The van der Waals surface area contributed by atoms with Crippen LogP contribution in [0.3, 0.4) is 0 Å². The molecule has 0 unspecified atom stereocenters. The van der Waals surface area contributed by atoms with Gasteiger partial charge in [-0.2, -0.15) is 13.2 Å². The summed E-state index contributed by atoms with van der Waals surface area (Å²) < 4.78 is 39.9. The summed E-state index contributed by atoms with van der Waals surface area (Å²) in [7, 11) is 0. The Morgan fingerprint density at radius 1 is 1.14 bits per heavy atom. The Morgan fingerprint density at radius 3 is 2.62 bits per heavy atom. The first-order valence-electron chi connectivity index (χ1n) is 9.54. The Bertz CT molecular complexity index is 1040. The minimum atomic E-state index is -4.44. The molecule has 2 aromatic carbocycles. The normalized spacial score (nSPS) is 15.8. The van der Waals surface area contributed by atoms with Crippen LogP contribution in [-0.4, -0.2) is 28.9 Å². The molecular weight excluding hydrogens is 401 g/mol. The number of aromatic nitrogens is 1. The predicted octanol–water partition coefficient (Wildman–Crippen LogP) is 5.98. The van der Waals surface area contributed by atoms with Crippen LogP contribution in [0.2, 0.25) is 5.02 Å². The van der Waals surface area contributed by atoms with Crippen LogP contribution >= 0.6 is 11.6 Å². The second kappa shape index (κ2) is 7.75. The summed E-state index contributed by atoms with van der Waals surface area (Å²) in [4.78, 5) is 17.8. The number of likely N-dealkylation sites (tertiary alicyclic amines) is 1. The van der Waals surface area contributed by atoms with E-state index in [1.54, 1.807) is 29.3 Å². The molecule has 0 saturated carbocycles. The molecule has 3 aromatic rings. The maximum Gasteiger partial charge on any atom is 0.416 e. The summed E-state index contributed by atoms with van der Waals surface area (Å²) in [6.07, 6.45) is -0.641. The van der Waals surface area contributed by atoms with Crippen molar-refractivity contribution < 1.29 is 18.0 Å². The first kappa shape index (κ1) is 19.8. The number of nitrogens with zero attached hydrogens (tertiary/aromatic N) is 1. The lowest BCUT2D eigenvalue weighted by Gasteiger charge is -2.22. The highest BCUT2D eigenvalue weighted by atomic mass is 35.5. The molecule has 1 N–H and O–H groups in total. The fourth-order valence-corrected chi connectivity index (χ4v) is 4.18. The number of hydrogen-bond donors (Lipinski definition) is 1. The number of nitrogens with one attached hydrogen (secondary N) is 1. The van der Waals surface area contributed by atoms with Gasteiger partial charge in [0.1, 0.15) is 0 Å². The third-order valence-corrected chi connectivity index (χ3v) is 5.74. The molecule has 3 nitrogen and oxygen atoms in total. The number of aromatic amines is 1. The molecular formula is C22H20ClF3N2O. The van der Waals surface area contributed by atoms with Gasteiger partial charge in [-0.15, -0.1) is 0 Å². The van der Waals surface area contributed by atoms with Crippen LogP contribution in [0.5, 0.6) is 0 Å². The molecule has 1 aliphatic heterocycles. The van der Waals surface area contributed by atoms with Crippen LogP contribution in [0.25, 0.3) is 10.9 Å². The van der Waals surface area contributed by atoms with Gasteiger partial charge in [-0.25, -0.2) is 0 Å². The monoisotopic (exact) mass is 420 g/mol. The van der Waals surface area contributed by atoms with Gasteiger partial charge in [-0.3, -0.25) is 4.79 Å². The zero-order valence-electron chi connectivity index (χ0n) is 15.6. The molecule has 0 spiro atoms. The van der Waals surface area contributed by atoms with Gasteiger partial charge in [-0.05, 0) is 48.2 Å². The SMILES string of the molecule is O=C(C[C@@H](c1cccc(C(F)(F)F)c1)c1c[nH]c2ccc(Cl)cc12)N1CCCC1. The standard InChI is InChI=1S/C22H20ClF3N2O/c23-16-6-7-20-18(11-16)19(13-27-20)17(12-21(29)28-8-1-2-9-28)14-4-3-5-15(10-14)22(24,25)26/h3-7,10-11,13,17,27H,1-2,8-9,12H2/t17-/m0/s1. The number of carbonyl (C=O) groups excluding carboxylic acids is 1. The van der Waals surface area contributed by atoms with E-state index >= 15 is 0 Å². The van der Waals surface area contributed by atoms with Gasteiger partial charge in [-0.1, -0.05) is 29.8 Å². The molecule has 0 bridgehead atoms. The van der Waals surface area contributed by atoms with Gasteiger partial charge in [0.25, 0.3) is 0 Å². The zero-order valence-corrected chi connectivity index (χ0v) is 16.4. The maximum absolute atomic E-state index is 13.3. The van der Waals surface area contributed by atoms with E-state index in [4.69, 9.17) is 11.6 Å². The van der Waals surface area contributed by atoms with Crippen molar-refractivity contribution >= 4 is 28.4 Å². The Balaban J connectivity index is 1.78. The number of amides is 1. The Hall–Kier alpha value is -2.47. The van der Waals surface area contributed by atoms with Crippen LogP contribution in [0.1, 0.15) is 41.9 Å². The van der Waals surface area contributed by atoms with Gasteiger partial charge >= 0.3 is 6.18 Å². The second-order valence-electron chi connectivity index (χ2n) is 7.40. The summed E-state index contributed by atoms with van der Waals surface area (Å²) in [5.74, 6) is -0.543. The molecule has 1 aliphatic rings. The van der Waals surface area contributed by atoms with E-state index < -0.39 is 17.7 Å². The van der Waals surface area contributed by atoms with E-state index in [0.717, 1.165) is 41.4 Å². The molecule has 1 atom stereocenters. The molecule has 1 amide bonds. The largest absolute Gasteiger partial charge is 0.416 e. The lowest BCUT2D eigenvalue weighted by molar-refractivity contribution is -0.137. The predicted molar refractivity (Wildman–Crippen MR) is 107 cm³/mol. The molecule has 7 heteroatoms. The van der Waals surface area contributed by atoms with Crippen LogP contribution in [0, 0.1) is 0 Å². The van der Waals surface area contributed by atoms with E-state index in [0.29, 0.717) is 23.7 Å². The van der Waals surface area contributed by atoms with Crippen molar-refractivity contribution in [2.75, 3.05) is 13.1 Å². The molecule has 29 heavy (non-hydrogen) atoms. The third-order valence-electron chi connectivity index (χ3n) is 5.51. The molecule has 4 rings (SSSR count). The van der Waals surface area contributed by atoms with E-state index in [1.165, 1.54) is 6.07 Å². The average Bonchev–Trinajstić information content (AvgIpc) is 3.35. The second-order valence-corrected chi connectivity index (χ2v) is 7.84. The summed E-state index contributed by atoms with van der Waals surface area (Å²) in [6.45, 7) is 1.40. The summed E-state index contributed by atoms with van der Waals surface area (Å²) in [5.41, 5.74) is 1.35. The number of alkyl halides is 3. The number of fused-ring (bicyclic) bond motifs is 1. The molecule has 2 heterocycles. The fourth-order valence-electron chi connectivity index (χ4n) is 4.01. The topological polar surface area (TPSA) is 36.1 Å². The summed E-state index contributed by atoms with van der Waals surface area (Å²) >= 11 is 6.15. The van der Waals surface area contributed by atoms with Gasteiger partial charge in [0, 0.05) is 47.6 Å². The van der Waals surface area contributed by atoms with Gasteiger partial charge in [0.05, 0.1) is 5.56 Å². The minimum Gasteiger partial charge on any atom is -0.361 e. The molecule has 0 radical (unpaired) electrons. The summed E-state index contributed by atoms with van der Waals surface area (Å²) in [5, 5.41) is 1.35. The highest BCUT2D eigenvalue weighted by Gasteiger charge is 2.32. The summed E-state index contributed by atoms with van der Waals surface area (Å²) in [6, 6.07) is 10.6. The van der Waals surface area contributed by atoms with E-state index in [-0.39, 0.29) is 12.3 Å². The number of hydrogen-bond acceptors (Lipinski definition) is 1. The third kappa shape index (κ3) is 4.13. The van der Waals surface area contributed by atoms with Crippen molar-refractivity contribution in [2.45, 2.75) is 31.4 Å². The van der Waals surface area contributed by atoms with Crippen molar-refractivity contribution in [2.24, 2.45) is 0 Å². The highest BCUT2D eigenvalue weighted by Crippen LogP contribution is 2.38. The lowest BCUT2D eigenvalue weighted by atomic mass is 9.87. The van der Waals surface area contributed by atoms with Crippen LogP contribution in [0.15, 0.2) is 48.7 Å². The minimum absolute atomic E-state index is 0.0405. The first-order chi connectivity index (χ1) is 13.8. The number of carbonyl (C=O) groups is 1. The van der Waals surface area contributed by atoms with E-state index in [9.17, 15) is 18.0 Å². The van der Waals surface area contributed by atoms with Gasteiger partial charge in [0.15, 0.2) is 0 Å². The van der Waals surface area contributed by atoms with Crippen molar-refractivity contribution in [1.29, 1.82) is 0 Å². The Kier molecular flexibility index (Phi) is 5.30. The smallest absolute Gasteiger partial charge is 0.361 e. The van der Waals surface area contributed by atoms with Crippen LogP contribution in [-0.2, 0) is 11.0 Å².